The number of benzene rings is 1. The van der Waals surface area contributed by atoms with Crippen LogP contribution in [0.4, 0.5) is 0 Å². The number of fused-ring (bicyclic) bond motifs is 1. The Bertz CT molecular complexity index is 588. The molecule has 17 heavy (non-hydrogen) atoms. The Labute approximate surface area is 101 Å². The van der Waals surface area contributed by atoms with Crippen LogP contribution < -0.4 is 0 Å². The lowest BCUT2D eigenvalue weighted by atomic mass is 10.1. The fourth-order valence-electron chi connectivity index (χ4n) is 1.93. The molecule has 1 aromatic heterocycles. The monoisotopic (exact) mass is 228 g/mol. The summed E-state index contributed by atoms with van der Waals surface area (Å²) in [5, 5.41) is 0.986. The summed E-state index contributed by atoms with van der Waals surface area (Å²) >= 11 is 0. The van der Waals surface area contributed by atoms with Gasteiger partial charge in [-0.2, -0.15) is 0 Å². The molecule has 88 valence electrons. The third-order valence-electron chi connectivity index (χ3n) is 2.92. The van der Waals surface area contributed by atoms with E-state index in [9.17, 15) is 4.79 Å². The number of allylic oxidation sites excluding steroid dienone is 2. The number of aryl methyl sites for hydroxylation is 1. The molecule has 0 aliphatic rings. The van der Waals surface area contributed by atoms with Crippen molar-refractivity contribution < 1.29 is 9.21 Å². The maximum absolute atomic E-state index is 12.1. The standard InChI is InChI=1S/C15H16O2/c1-4-11(5-2)15(16)14-9-12-8-10(3)6-7-13(12)17-14/h4,6-9H,5H2,1-3H3/b11-4-. The van der Waals surface area contributed by atoms with Gasteiger partial charge in [0.1, 0.15) is 5.58 Å². The Morgan fingerprint density at radius 3 is 2.76 bits per heavy atom. The highest BCUT2D eigenvalue weighted by atomic mass is 16.3. The number of hydrogen-bond acceptors (Lipinski definition) is 2. The van der Waals surface area contributed by atoms with Crippen molar-refractivity contribution in [2.75, 3.05) is 0 Å². The van der Waals surface area contributed by atoms with Crippen molar-refractivity contribution in [2.24, 2.45) is 0 Å². The average molecular weight is 228 g/mol. The van der Waals surface area contributed by atoms with E-state index in [0.717, 1.165) is 23.0 Å². The van der Waals surface area contributed by atoms with Gasteiger partial charge in [-0.3, -0.25) is 4.79 Å². The van der Waals surface area contributed by atoms with E-state index in [-0.39, 0.29) is 5.78 Å². The average Bonchev–Trinajstić information content (AvgIpc) is 2.73. The molecular weight excluding hydrogens is 212 g/mol. The van der Waals surface area contributed by atoms with E-state index in [1.165, 1.54) is 5.56 Å². The predicted octanol–water partition coefficient (Wildman–Crippen LogP) is 4.28. The van der Waals surface area contributed by atoms with Gasteiger partial charge in [0.25, 0.3) is 0 Å². The smallest absolute Gasteiger partial charge is 0.223 e. The Balaban J connectivity index is 2.46. The summed E-state index contributed by atoms with van der Waals surface area (Å²) in [6.07, 6.45) is 2.58. The zero-order valence-corrected chi connectivity index (χ0v) is 10.4. The SMILES string of the molecule is C/C=C(/CC)C(=O)c1cc2cc(C)ccc2o1. The van der Waals surface area contributed by atoms with Gasteiger partial charge >= 0.3 is 0 Å². The molecule has 0 atom stereocenters. The molecule has 0 N–H and O–H groups in total. The molecule has 0 bridgehead atoms. The topological polar surface area (TPSA) is 30.2 Å². The minimum Gasteiger partial charge on any atom is -0.453 e. The predicted molar refractivity (Wildman–Crippen MR) is 69.3 cm³/mol. The van der Waals surface area contributed by atoms with Crippen molar-refractivity contribution in [3.05, 3.63) is 47.2 Å². The molecule has 0 aliphatic carbocycles. The van der Waals surface area contributed by atoms with Crippen LogP contribution in [0.1, 0.15) is 36.4 Å². The van der Waals surface area contributed by atoms with Gasteiger partial charge < -0.3 is 4.42 Å². The maximum Gasteiger partial charge on any atom is 0.223 e. The summed E-state index contributed by atoms with van der Waals surface area (Å²) in [7, 11) is 0. The quantitative estimate of drug-likeness (QED) is 0.579. The molecular formula is C15H16O2. The minimum absolute atomic E-state index is 0.0103. The molecule has 0 saturated heterocycles. The first-order chi connectivity index (χ1) is 8.15. The van der Waals surface area contributed by atoms with Crippen LogP contribution in [0.2, 0.25) is 0 Å². The van der Waals surface area contributed by atoms with Crippen molar-refractivity contribution >= 4 is 16.8 Å². The first kappa shape index (κ1) is 11.6. The lowest BCUT2D eigenvalue weighted by molar-refractivity contribution is 0.100. The van der Waals surface area contributed by atoms with E-state index in [1.54, 1.807) is 0 Å². The van der Waals surface area contributed by atoms with Gasteiger partial charge in [0.2, 0.25) is 5.78 Å². The van der Waals surface area contributed by atoms with E-state index in [0.29, 0.717) is 5.76 Å². The number of carbonyl (C=O) groups excluding carboxylic acids is 1. The van der Waals surface area contributed by atoms with Crippen molar-refractivity contribution in [1.82, 2.24) is 0 Å². The molecule has 2 heteroatoms. The Hall–Kier alpha value is -1.83. The molecule has 0 fully saturated rings. The molecule has 1 aromatic carbocycles. The molecule has 0 aliphatic heterocycles. The zero-order valence-electron chi connectivity index (χ0n) is 10.4. The third-order valence-corrected chi connectivity index (χ3v) is 2.92. The van der Waals surface area contributed by atoms with Crippen LogP contribution >= 0.6 is 0 Å². The van der Waals surface area contributed by atoms with Gasteiger partial charge in [-0.15, -0.1) is 0 Å². The van der Waals surface area contributed by atoms with E-state index in [4.69, 9.17) is 4.42 Å². The molecule has 2 rings (SSSR count). The highest BCUT2D eigenvalue weighted by Crippen LogP contribution is 2.23. The fraction of sp³-hybridized carbons (Fsp3) is 0.267. The van der Waals surface area contributed by atoms with Gasteiger partial charge in [0.05, 0.1) is 0 Å². The summed E-state index contributed by atoms with van der Waals surface area (Å²) in [5.41, 5.74) is 2.73. The van der Waals surface area contributed by atoms with E-state index in [2.05, 4.69) is 0 Å². The highest BCUT2D eigenvalue weighted by molar-refractivity contribution is 6.08. The highest BCUT2D eigenvalue weighted by Gasteiger charge is 2.15. The lowest BCUT2D eigenvalue weighted by Crippen LogP contribution is -2.00. The first-order valence-corrected chi connectivity index (χ1v) is 5.85. The van der Waals surface area contributed by atoms with Crippen molar-refractivity contribution in [3.8, 4) is 0 Å². The Morgan fingerprint density at radius 1 is 1.35 bits per heavy atom. The maximum atomic E-state index is 12.1. The third kappa shape index (κ3) is 2.16. The van der Waals surface area contributed by atoms with E-state index < -0.39 is 0 Å². The summed E-state index contributed by atoms with van der Waals surface area (Å²) in [4.78, 5) is 12.1. The number of rotatable bonds is 3. The number of Topliss-reactive ketones (excluding diaryl/α,β-unsaturated/α-hetero) is 1. The van der Waals surface area contributed by atoms with Crippen LogP contribution in [0, 0.1) is 6.92 Å². The van der Waals surface area contributed by atoms with Crippen LogP contribution in [-0.2, 0) is 0 Å². The number of furan rings is 1. The molecule has 0 radical (unpaired) electrons. The van der Waals surface area contributed by atoms with E-state index in [1.807, 2.05) is 51.1 Å². The first-order valence-electron chi connectivity index (χ1n) is 5.85. The molecule has 2 aromatic rings. The molecule has 0 amide bonds. The summed E-state index contributed by atoms with van der Waals surface area (Å²) in [6, 6.07) is 7.74. The number of ketones is 1. The molecule has 0 saturated carbocycles. The van der Waals surface area contributed by atoms with Gasteiger partial charge in [-0.05, 0) is 44.0 Å². The van der Waals surface area contributed by atoms with Gasteiger partial charge in [0.15, 0.2) is 5.76 Å². The van der Waals surface area contributed by atoms with Crippen LogP contribution in [0.25, 0.3) is 11.0 Å². The largest absolute Gasteiger partial charge is 0.453 e. The summed E-state index contributed by atoms with van der Waals surface area (Å²) < 4.78 is 5.58. The van der Waals surface area contributed by atoms with Crippen molar-refractivity contribution in [2.45, 2.75) is 27.2 Å². The number of hydrogen-bond donors (Lipinski definition) is 0. The normalized spacial score (nSPS) is 12.1. The second-order valence-corrected chi connectivity index (χ2v) is 4.15. The van der Waals surface area contributed by atoms with Crippen LogP contribution in [0.15, 0.2) is 40.3 Å². The summed E-state index contributed by atoms with van der Waals surface area (Å²) in [5.74, 6) is 0.421. The molecule has 0 spiro atoms. The fourth-order valence-corrected chi connectivity index (χ4v) is 1.93. The minimum atomic E-state index is -0.0103. The second-order valence-electron chi connectivity index (χ2n) is 4.15. The Kier molecular flexibility index (Phi) is 3.14. The molecule has 0 unspecified atom stereocenters. The van der Waals surface area contributed by atoms with Gasteiger partial charge in [0, 0.05) is 5.39 Å². The van der Waals surface area contributed by atoms with Crippen LogP contribution in [0.5, 0.6) is 0 Å². The van der Waals surface area contributed by atoms with Gasteiger partial charge in [-0.1, -0.05) is 24.6 Å². The molecule has 1 heterocycles. The zero-order chi connectivity index (χ0) is 12.4. The number of carbonyl (C=O) groups is 1. The van der Waals surface area contributed by atoms with Crippen molar-refractivity contribution in [3.63, 3.8) is 0 Å². The van der Waals surface area contributed by atoms with Gasteiger partial charge in [-0.25, -0.2) is 0 Å². The van der Waals surface area contributed by atoms with Crippen molar-refractivity contribution in [1.29, 1.82) is 0 Å². The lowest BCUT2D eigenvalue weighted by Gasteiger charge is -1.98. The van der Waals surface area contributed by atoms with Crippen LogP contribution in [-0.4, -0.2) is 5.78 Å². The van der Waals surface area contributed by atoms with E-state index >= 15 is 0 Å². The molecule has 2 nitrogen and oxygen atoms in total. The Morgan fingerprint density at radius 2 is 2.12 bits per heavy atom. The second kappa shape index (κ2) is 4.58. The summed E-state index contributed by atoms with van der Waals surface area (Å²) in [6.45, 7) is 5.88. The van der Waals surface area contributed by atoms with Crippen LogP contribution in [0.3, 0.4) is 0 Å².